The molecular weight excluding hydrogens is 439 g/mol. The van der Waals surface area contributed by atoms with E-state index < -0.39 is 5.82 Å². The van der Waals surface area contributed by atoms with Crippen LogP contribution in [0.2, 0.25) is 0 Å². The monoisotopic (exact) mass is 460 g/mol. The normalized spacial score (nSPS) is 10.6. The van der Waals surface area contributed by atoms with Crippen molar-refractivity contribution in [3.63, 3.8) is 0 Å². The summed E-state index contributed by atoms with van der Waals surface area (Å²) >= 11 is 1.17. The molecule has 0 saturated carbocycles. The van der Waals surface area contributed by atoms with Gasteiger partial charge >= 0.3 is 0 Å². The molecule has 6 nitrogen and oxygen atoms in total. The molecule has 0 aliphatic carbocycles. The number of benzene rings is 2. The first-order valence-electron chi connectivity index (χ1n) is 10.0. The maximum atomic E-state index is 14.2. The van der Waals surface area contributed by atoms with Gasteiger partial charge in [-0.05, 0) is 35.9 Å². The van der Waals surface area contributed by atoms with Gasteiger partial charge in [0.15, 0.2) is 5.13 Å². The summed E-state index contributed by atoms with van der Waals surface area (Å²) in [7, 11) is 0. The fraction of sp³-hybridized carbons (Fsp3) is 0.120. The molecule has 3 aromatic rings. The fourth-order valence-corrected chi connectivity index (χ4v) is 3.90. The van der Waals surface area contributed by atoms with Crippen molar-refractivity contribution in [2.75, 3.05) is 11.4 Å². The minimum Gasteiger partial charge on any atom is -0.331 e. The van der Waals surface area contributed by atoms with Crippen molar-refractivity contribution in [2.45, 2.75) is 13.5 Å². The average Bonchev–Trinajstić information content (AvgIpc) is 3.27. The zero-order valence-corrected chi connectivity index (χ0v) is 18.8. The summed E-state index contributed by atoms with van der Waals surface area (Å²) in [4.78, 5) is 32.1. The molecule has 3 rings (SSSR count). The number of aromatic nitrogens is 1. The Labute approximate surface area is 195 Å². The third-order valence-electron chi connectivity index (χ3n) is 4.62. The van der Waals surface area contributed by atoms with E-state index in [0.29, 0.717) is 29.5 Å². The highest BCUT2D eigenvalue weighted by Crippen LogP contribution is 2.31. The molecule has 0 aliphatic heterocycles. The molecule has 0 aliphatic rings. The molecule has 0 spiro atoms. The van der Waals surface area contributed by atoms with Crippen LogP contribution in [0.1, 0.15) is 23.7 Å². The first-order valence-corrected chi connectivity index (χ1v) is 10.9. The minimum absolute atomic E-state index is 0.116. The number of para-hydroxylation sites is 1. The lowest BCUT2D eigenvalue weighted by atomic mass is 10.1. The van der Waals surface area contributed by atoms with Gasteiger partial charge < -0.3 is 4.90 Å². The van der Waals surface area contributed by atoms with E-state index in [1.807, 2.05) is 0 Å². The Morgan fingerprint density at radius 2 is 1.94 bits per heavy atom. The highest BCUT2D eigenvalue weighted by atomic mass is 32.1. The summed E-state index contributed by atoms with van der Waals surface area (Å²) in [5.41, 5.74) is 2.03. The standard InChI is InChI=1S/C25H21FN4O2S/c1-3-14-29(16-20-10-8-19(15-27)9-11-20)24(32)13-12-21-17-33-25(28-21)30(18(2)31)23-7-5-4-6-22(23)26/h3-13,17H,1,14,16H2,2H3/b13-12+. The van der Waals surface area contributed by atoms with Crippen molar-refractivity contribution < 1.29 is 14.0 Å². The molecule has 2 aromatic carbocycles. The lowest BCUT2D eigenvalue weighted by Gasteiger charge is -2.19. The summed E-state index contributed by atoms with van der Waals surface area (Å²) in [5.74, 6) is -1.15. The number of rotatable bonds is 8. The van der Waals surface area contributed by atoms with Gasteiger partial charge in [0.1, 0.15) is 5.82 Å². The second-order valence-corrected chi connectivity index (χ2v) is 7.85. The summed E-state index contributed by atoms with van der Waals surface area (Å²) in [6, 6.07) is 15.1. The number of carbonyl (C=O) groups excluding carboxylic acids is 2. The smallest absolute Gasteiger partial charge is 0.247 e. The molecule has 166 valence electrons. The van der Waals surface area contributed by atoms with Gasteiger partial charge in [-0.2, -0.15) is 5.26 Å². The van der Waals surface area contributed by atoms with Gasteiger partial charge in [-0.3, -0.25) is 14.5 Å². The number of anilines is 2. The SMILES string of the molecule is C=CCN(Cc1ccc(C#N)cc1)C(=O)/C=C/c1csc(N(C(C)=O)c2ccccc2F)n1. The molecule has 0 atom stereocenters. The number of nitrogens with zero attached hydrogens (tertiary/aromatic N) is 4. The minimum atomic E-state index is -0.530. The molecule has 0 unspecified atom stereocenters. The first kappa shape index (κ1) is 23.6. The lowest BCUT2D eigenvalue weighted by molar-refractivity contribution is -0.126. The molecular formula is C25H21FN4O2S. The summed E-state index contributed by atoms with van der Waals surface area (Å²) < 4.78 is 14.2. The lowest BCUT2D eigenvalue weighted by Crippen LogP contribution is -2.29. The summed E-state index contributed by atoms with van der Waals surface area (Å²) in [6.45, 7) is 5.74. The number of amides is 2. The van der Waals surface area contributed by atoms with Crippen LogP contribution in [0.15, 0.2) is 72.6 Å². The predicted molar refractivity (Wildman–Crippen MR) is 127 cm³/mol. The molecule has 0 radical (unpaired) electrons. The number of hydrogen-bond donors (Lipinski definition) is 0. The molecule has 0 saturated heterocycles. The van der Waals surface area contributed by atoms with E-state index in [1.165, 1.54) is 41.4 Å². The van der Waals surface area contributed by atoms with Crippen LogP contribution < -0.4 is 4.90 Å². The van der Waals surface area contributed by atoms with Gasteiger partial charge in [0.2, 0.25) is 11.8 Å². The fourth-order valence-electron chi connectivity index (χ4n) is 3.05. The third kappa shape index (κ3) is 5.99. The highest BCUT2D eigenvalue weighted by Gasteiger charge is 2.20. The van der Waals surface area contributed by atoms with E-state index in [0.717, 1.165) is 5.56 Å². The Bertz CT molecular complexity index is 1230. The number of carbonyl (C=O) groups is 2. The van der Waals surface area contributed by atoms with E-state index in [2.05, 4.69) is 17.6 Å². The molecule has 33 heavy (non-hydrogen) atoms. The molecule has 0 bridgehead atoms. The van der Waals surface area contributed by atoms with Crippen molar-refractivity contribution in [1.82, 2.24) is 9.88 Å². The molecule has 0 N–H and O–H groups in total. The molecule has 2 amide bonds. The number of nitriles is 1. The van der Waals surface area contributed by atoms with Crippen molar-refractivity contribution in [2.24, 2.45) is 0 Å². The van der Waals surface area contributed by atoms with Gasteiger partial charge in [0.05, 0.1) is 23.0 Å². The molecule has 1 heterocycles. The van der Waals surface area contributed by atoms with Crippen LogP contribution in [-0.4, -0.2) is 28.2 Å². The second-order valence-electron chi connectivity index (χ2n) is 7.01. The summed E-state index contributed by atoms with van der Waals surface area (Å²) in [5, 5.41) is 10.9. The van der Waals surface area contributed by atoms with E-state index in [9.17, 15) is 14.0 Å². The van der Waals surface area contributed by atoms with Crippen LogP contribution in [0.25, 0.3) is 6.08 Å². The third-order valence-corrected chi connectivity index (χ3v) is 5.47. The van der Waals surface area contributed by atoms with E-state index >= 15 is 0 Å². The van der Waals surface area contributed by atoms with Crippen molar-refractivity contribution in [1.29, 1.82) is 5.26 Å². The van der Waals surface area contributed by atoms with Crippen molar-refractivity contribution in [3.05, 3.63) is 95.3 Å². The van der Waals surface area contributed by atoms with Gasteiger partial charge in [-0.15, -0.1) is 17.9 Å². The van der Waals surface area contributed by atoms with Crippen LogP contribution in [0.3, 0.4) is 0 Å². The maximum absolute atomic E-state index is 14.2. The second kappa shape index (κ2) is 11.0. The Morgan fingerprint density at radius 3 is 2.58 bits per heavy atom. The van der Waals surface area contributed by atoms with Crippen LogP contribution in [0.5, 0.6) is 0 Å². The van der Waals surface area contributed by atoms with Crippen LogP contribution in [0, 0.1) is 17.1 Å². The average molecular weight is 461 g/mol. The van der Waals surface area contributed by atoms with Crippen molar-refractivity contribution in [3.8, 4) is 6.07 Å². The van der Waals surface area contributed by atoms with Gasteiger partial charge in [-0.1, -0.05) is 30.3 Å². The predicted octanol–water partition coefficient (Wildman–Crippen LogP) is 5.07. The van der Waals surface area contributed by atoms with E-state index in [-0.39, 0.29) is 17.5 Å². The Balaban J connectivity index is 1.75. The Kier molecular flexibility index (Phi) is 7.84. The molecule has 0 fully saturated rings. The number of thiazole rings is 1. The quantitative estimate of drug-likeness (QED) is 0.348. The summed E-state index contributed by atoms with van der Waals surface area (Å²) in [6.07, 6.45) is 4.58. The molecule has 1 aromatic heterocycles. The first-order chi connectivity index (χ1) is 15.9. The topological polar surface area (TPSA) is 77.3 Å². The molecule has 8 heteroatoms. The van der Waals surface area contributed by atoms with Gasteiger partial charge in [-0.25, -0.2) is 9.37 Å². The zero-order valence-electron chi connectivity index (χ0n) is 17.9. The number of halogens is 1. The Hall–Kier alpha value is -4.09. The van der Waals surface area contributed by atoms with Crippen LogP contribution in [0.4, 0.5) is 15.2 Å². The van der Waals surface area contributed by atoms with E-state index in [1.54, 1.807) is 58.8 Å². The zero-order chi connectivity index (χ0) is 23.8. The van der Waals surface area contributed by atoms with Crippen LogP contribution >= 0.6 is 11.3 Å². The van der Waals surface area contributed by atoms with Gasteiger partial charge in [0, 0.05) is 31.5 Å². The Morgan fingerprint density at radius 1 is 1.21 bits per heavy atom. The van der Waals surface area contributed by atoms with Crippen molar-refractivity contribution >= 4 is 40.0 Å². The largest absolute Gasteiger partial charge is 0.331 e. The number of hydrogen-bond acceptors (Lipinski definition) is 5. The highest BCUT2D eigenvalue weighted by molar-refractivity contribution is 7.14. The van der Waals surface area contributed by atoms with E-state index in [4.69, 9.17) is 5.26 Å². The van der Waals surface area contributed by atoms with Crippen LogP contribution in [-0.2, 0) is 16.1 Å². The maximum Gasteiger partial charge on any atom is 0.247 e. The van der Waals surface area contributed by atoms with Gasteiger partial charge in [0.25, 0.3) is 0 Å².